The van der Waals surface area contributed by atoms with Gasteiger partial charge >= 0.3 is 0 Å². The third kappa shape index (κ3) is 5.09. The van der Waals surface area contributed by atoms with E-state index in [1.54, 1.807) is 0 Å². The fraction of sp³-hybridized carbons (Fsp3) is 0.611. The molecule has 1 aromatic carbocycles. The summed E-state index contributed by atoms with van der Waals surface area (Å²) in [6.07, 6.45) is 4.40. The molecule has 0 radical (unpaired) electrons. The largest absolute Gasteiger partial charge is 0.330 e. The number of benzene rings is 1. The minimum atomic E-state index is 0.357. The number of carbonyl (C=O) groups is 1. The quantitative estimate of drug-likeness (QED) is 0.782. The predicted octanol–water partition coefficient (Wildman–Crippen LogP) is 3.88. The maximum absolute atomic E-state index is 12.2. The van der Waals surface area contributed by atoms with Crippen LogP contribution in [0.4, 0.5) is 0 Å². The molecule has 0 aliphatic carbocycles. The van der Waals surface area contributed by atoms with Gasteiger partial charge in [0.15, 0.2) is 0 Å². The van der Waals surface area contributed by atoms with E-state index in [2.05, 4.69) is 39.8 Å². The molecule has 1 unspecified atom stereocenters. The Morgan fingerprint density at radius 1 is 1.15 bits per heavy atom. The van der Waals surface area contributed by atoms with Gasteiger partial charge in [-0.25, -0.2) is 0 Å². The van der Waals surface area contributed by atoms with Crippen LogP contribution in [-0.2, 0) is 11.2 Å². The molecule has 2 heteroatoms. The summed E-state index contributed by atoms with van der Waals surface area (Å²) in [6.45, 7) is 9.21. The zero-order valence-corrected chi connectivity index (χ0v) is 13.5. The maximum Gasteiger partial charge on any atom is 0.137 e. The standard InChI is InChI=1S/C18H29NO/c1-5-16(8-9-19)6-7-17(20)12-18-14(3)10-13(2)11-15(18)4/h10-11,16H,5-9,12,19H2,1-4H3. The van der Waals surface area contributed by atoms with Gasteiger partial charge in [0.05, 0.1) is 0 Å². The van der Waals surface area contributed by atoms with Crippen molar-refractivity contribution < 1.29 is 4.79 Å². The van der Waals surface area contributed by atoms with Crippen LogP contribution in [0.2, 0.25) is 0 Å². The van der Waals surface area contributed by atoms with Gasteiger partial charge < -0.3 is 5.73 Å². The average Bonchev–Trinajstić information content (AvgIpc) is 2.38. The summed E-state index contributed by atoms with van der Waals surface area (Å²) < 4.78 is 0. The number of ketones is 1. The molecule has 1 aromatic rings. The molecule has 0 fully saturated rings. The van der Waals surface area contributed by atoms with Crippen molar-refractivity contribution in [2.45, 2.75) is 59.8 Å². The second kappa shape index (κ2) is 8.21. The fourth-order valence-electron chi connectivity index (χ4n) is 2.93. The number of rotatable bonds is 8. The van der Waals surface area contributed by atoms with Crippen LogP contribution >= 0.6 is 0 Å². The molecule has 1 atom stereocenters. The first-order valence-electron chi connectivity index (χ1n) is 7.76. The zero-order valence-electron chi connectivity index (χ0n) is 13.5. The van der Waals surface area contributed by atoms with Crippen molar-refractivity contribution in [3.63, 3.8) is 0 Å². The van der Waals surface area contributed by atoms with Crippen molar-refractivity contribution in [1.82, 2.24) is 0 Å². The predicted molar refractivity (Wildman–Crippen MR) is 86.1 cm³/mol. The number of nitrogens with two attached hydrogens (primary N) is 1. The minimum absolute atomic E-state index is 0.357. The third-order valence-corrected chi connectivity index (χ3v) is 4.20. The summed E-state index contributed by atoms with van der Waals surface area (Å²) >= 11 is 0. The first kappa shape index (κ1) is 16.9. The lowest BCUT2D eigenvalue weighted by molar-refractivity contribution is -0.118. The average molecular weight is 275 g/mol. The summed E-state index contributed by atoms with van der Waals surface area (Å²) in [4.78, 5) is 12.2. The Kier molecular flexibility index (Phi) is 6.94. The monoisotopic (exact) mass is 275 g/mol. The van der Waals surface area contributed by atoms with Crippen molar-refractivity contribution >= 4 is 5.78 Å². The van der Waals surface area contributed by atoms with E-state index < -0.39 is 0 Å². The molecule has 2 N–H and O–H groups in total. The topological polar surface area (TPSA) is 43.1 Å². The van der Waals surface area contributed by atoms with E-state index in [-0.39, 0.29) is 0 Å². The van der Waals surface area contributed by atoms with E-state index in [0.29, 0.717) is 24.5 Å². The summed E-state index contributed by atoms with van der Waals surface area (Å²) in [5.74, 6) is 0.958. The van der Waals surface area contributed by atoms with E-state index >= 15 is 0 Å². The molecular formula is C18H29NO. The highest BCUT2D eigenvalue weighted by Gasteiger charge is 2.12. The van der Waals surface area contributed by atoms with Crippen molar-refractivity contribution in [2.75, 3.05) is 6.54 Å². The van der Waals surface area contributed by atoms with Crippen molar-refractivity contribution in [2.24, 2.45) is 11.7 Å². The van der Waals surface area contributed by atoms with Gasteiger partial charge in [0.1, 0.15) is 5.78 Å². The molecule has 0 saturated carbocycles. The van der Waals surface area contributed by atoms with Gasteiger partial charge in [-0.3, -0.25) is 4.79 Å². The van der Waals surface area contributed by atoms with Crippen LogP contribution in [0.15, 0.2) is 12.1 Å². The van der Waals surface area contributed by atoms with Gasteiger partial charge in [-0.2, -0.15) is 0 Å². The van der Waals surface area contributed by atoms with Crippen LogP contribution < -0.4 is 5.73 Å². The van der Waals surface area contributed by atoms with Gasteiger partial charge in [-0.15, -0.1) is 0 Å². The molecule has 20 heavy (non-hydrogen) atoms. The Bertz CT molecular complexity index is 428. The lowest BCUT2D eigenvalue weighted by Gasteiger charge is -2.14. The smallest absolute Gasteiger partial charge is 0.137 e. The van der Waals surface area contributed by atoms with Crippen molar-refractivity contribution in [3.8, 4) is 0 Å². The van der Waals surface area contributed by atoms with Crippen molar-refractivity contribution in [1.29, 1.82) is 0 Å². The lowest BCUT2D eigenvalue weighted by atomic mass is 9.91. The van der Waals surface area contributed by atoms with Crippen molar-refractivity contribution in [3.05, 3.63) is 34.4 Å². The van der Waals surface area contributed by atoms with E-state index in [9.17, 15) is 4.79 Å². The molecule has 0 heterocycles. The number of carbonyl (C=O) groups excluding carboxylic acids is 1. The number of hydrogen-bond donors (Lipinski definition) is 1. The fourth-order valence-corrected chi connectivity index (χ4v) is 2.93. The van der Waals surface area contributed by atoms with Crippen LogP contribution in [0.1, 0.15) is 54.9 Å². The van der Waals surface area contributed by atoms with Crippen LogP contribution in [0.5, 0.6) is 0 Å². The second-order valence-corrected chi connectivity index (χ2v) is 5.98. The first-order chi connectivity index (χ1) is 9.47. The summed E-state index contributed by atoms with van der Waals surface area (Å²) in [6, 6.07) is 4.33. The molecular weight excluding hydrogens is 246 g/mol. The Hall–Kier alpha value is -1.15. The van der Waals surface area contributed by atoms with E-state index in [1.807, 2.05) is 0 Å². The molecule has 0 saturated heterocycles. The van der Waals surface area contributed by atoms with Crippen LogP contribution in [-0.4, -0.2) is 12.3 Å². The van der Waals surface area contributed by atoms with E-state index in [0.717, 1.165) is 25.8 Å². The van der Waals surface area contributed by atoms with Crippen LogP contribution in [0, 0.1) is 26.7 Å². The highest BCUT2D eigenvalue weighted by molar-refractivity contribution is 5.81. The van der Waals surface area contributed by atoms with Gasteiger partial charge in [0.25, 0.3) is 0 Å². The number of Topliss-reactive ketones (excluding diaryl/α,β-unsaturated/α-hetero) is 1. The molecule has 0 aliphatic heterocycles. The first-order valence-corrected chi connectivity index (χ1v) is 7.76. The Balaban J connectivity index is 2.59. The van der Waals surface area contributed by atoms with Gasteiger partial charge in [-0.05, 0) is 62.8 Å². The van der Waals surface area contributed by atoms with Crippen LogP contribution in [0.25, 0.3) is 0 Å². The van der Waals surface area contributed by atoms with Gasteiger partial charge in [0.2, 0.25) is 0 Å². The Morgan fingerprint density at radius 2 is 1.75 bits per heavy atom. The Morgan fingerprint density at radius 3 is 2.25 bits per heavy atom. The highest BCUT2D eigenvalue weighted by Crippen LogP contribution is 2.20. The molecule has 0 aliphatic rings. The molecule has 0 aromatic heterocycles. The third-order valence-electron chi connectivity index (χ3n) is 4.20. The molecule has 112 valence electrons. The summed E-state index contributed by atoms with van der Waals surface area (Å²) in [5, 5.41) is 0. The van der Waals surface area contributed by atoms with E-state index in [4.69, 9.17) is 5.73 Å². The number of hydrogen-bond acceptors (Lipinski definition) is 2. The molecule has 0 bridgehead atoms. The minimum Gasteiger partial charge on any atom is -0.330 e. The van der Waals surface area contributed by atoms with Gasteiger partial charge in [-0.1, -0.05) is 31.0 Å². The molecule has 0 spiro atoms. The normalized spacial score (nSPS) is 12.4. The SMILES string of the molecule is CCC(CCN)CCC(=O)Cc1c(C)cc(C)cc1C. The highest BCUT2D eigenvalue weighted by atomic mass is 16.1. The maximum atomic E-state index is 12.2. The summed E-state index contributed by atoms with van der Waals surface area (Å²) in [5.41, 5.74) is 10.6. The van der Waals surface area contributed by atoms with Gasteiger partial charge in [0, 0.05) is 12.8 Å². The molecule has 1 rings (SSSR count). The molecule has 0 amide bonds. The van der Waals surface area contributed by atoms with Crippen LogP contribution in [0.3, 0.4) is 0 Å². The molecule has 2 nitrogen and oxygen atoms in total. The van der Waals surface area contributed by atoms with E-state index in [1.165, 1.54) is 22.3 Å². The lowest BCUT2D eigenvalue weighted by Crippen LogP contribution is -2.12. The second-order valence-electron chi connectivity index (χ2n) is 5.98. The number of aryl methyl sites for hydroxylation is 3. The Labute approximate surface area is 123 Å². The summed E-state index contributed by atoms with van der Waals surface area (Å²) in [7, 11) is 0. The zero-order chi connectivity index (χ0) is 15.1.